The van der Waals surface area contributed by atoms with Crippen LogP contribution in [0.3, 0.4) is 0 Å². The SMILES string of the molecule is CCOc1cc([C](C)C)cc(C(C)C)c1. The third-order valence-electron chi connectivity index (χ3n) is 2.48. The molecule has 0 aliphatic carbocycles. The summed E-state index contributed by atoms with van der Waals surface area (Å²) in [6, 6.07) is 6.51. The van der Waals surface area contributed by atoms with Crippen molar-refractivity contribution in [2.75, 3.05) is 6.61 Å². The van der Waals surface area contributed by atoms with Gasteiger partial charge in [0, 0.05) is 0 Å². The van der Waals surface area contributed by atoms with Crippen molar-refractivity contribution in [1.82, 2.24) is 0 Å². The van der Waals surface area contributed by atoms with E-state index in [2.05, 4.69) is 45.9 Å². The van der Waals surface area contributed by atoms with Crippen LogP contribution in [0.25, 0.3) is 0 Å². The minimum absolute atomic E-state index is 0.545. The van der Waals surface area contributed by atoms with Gasteiger partial charge in [0.05, 0.1) is 6.61 Å². The molecule has 1 aromatic carbocycles. The third-order valence-corrected chi connectivity index (χ3v) is 2.48. The highest BCUT2D eigenvalue weighted by Gasteiger charge is 2.07. The fourth-order valence-electron chi connectivity index (χ4n) is 1.49. The maximum absolute atomic E-state index is 5.57. The first kappa shape index (κ1) is 12.1. The van der Waals surface area contributed by atoms with E-state index in [1.165, 1.54) is 17.0 Å². The van der Waals surface area contributed by atoms with Gasteiger partial charge in [-0.15, -0.1) is 0 Å². The summed E-state index contributed by atoms with van der Waals surface area (Å²) in [6.07, 6.45) is 0. The highest BCUT2D eigenvalue weighted by molar-refractivity contribution is 5.41. The van der Waals surface area contributed by atoms with Gasteiger partial charge in [-0.2, -0.15) is 0 Å². The molecule has 0 aromatic heterocycles. The van der Waals surface area contributed by atoms with E-state index in [0.717, 1.165) is 12.4 Å². The Morgan fingerprint density at radius 2 is 1.87 bits per heavy atom. The molecule has 0 fully saturated rings. The Morgan fingerprint density at radius 3 is 2.33 bits per heavy atom. The van der Waals surface area contributed by atoms with Gasteiger partial charge < -0.3 is 4.74 Å². The lowest BCUT2D eigenvalue weighted by molar-refractivity contribution is 0.339. The lowest BCUT2D eigenvalue weighted by Gasteiger charge is -2.14. The van der Waals surface area contributed by atoms with Crippen LogP contribution in [0.2, 0.25) is 0 Å². The Labute approximate surface area is 93.5 Å². The molecule has 0 aliphatic rings. The second-order valence-corrected chi connectivity index (χ2v) is 4.38. The number of rotatable bonds is 4. The topological polar surface area (TPSA) is 9.23 Å². The van der Waals surface area contributed by atoms with Crippen LogP contribution in [0.1, 0.15) is 51.7 Å². The van der Waals surface area contributed by atoms with E-state index in [1.807, 2.05) is 6.92 Å². The number of benzene rings is 1. The van der Waals surface area contributed by atoms with Gasteiger partial charge >= 0.3 is 0 Å². The zero-order valence-electron chi connectivity index (χ0n) is 10.4. The molecule has 0 aliphatic heterocycles. The minimum Gasteiger partial charge on any atom is -0.494 e. The average molecular weight is 205 g/mol. The summed E-state index contributed by atoms with van der Waals surface area (Å²) in [4.78, 5) is 0. The molecule has 1 nitrogen and oxygen atoms in total. The average Bonchev–Trinajstić information content (AvgIpc) is 2.17. The first-order valence-corrected chi connectivity index (χ1v) is 5.63. The van der Waals surface area contributed by atoms with Gasteiger partial charge in [-0.25, -0.2) is 0 Å². The standard InChI is InChI=1S/C14H21O/c1-6-15-14-8-12(10(2)3)7-13(9-14)11(4)5/h7-10H,6H2,1-5H3. The molecule has 1 heteroatoms. The molecular formula is C14H21O. The molecule has 0 bridgehead atoms. The molecule has 0 N–H and O–H groups in total. The maximum atomic E-state index is 5.57. The second-order valence-electron chi connectivity index (χ2n) is 4.38. The largest absolute Gasteiger partial charge is 0.494 e. The molecule has 1 aromatic rings. The van der Waals surface area contributed by atoms with Crippen molar-refractivity contribution >= 4 is 0 Å². The lowest BCUT2D eigenvalue weighted by Crippen LogP contribution is -1.98. The van der Waals surface area contributed by atoms with E-state index in [1.54, 1.807) is 0 Å². The van der Waals surface area contributed by atoms with Crippen LogP contribution in [-0.2, 0) is 0 Å². The summed E-state index contributed by atoms with van der Waals surface area (Å²) in [5.74, 6) is 2.86. The van der Waals surface area contributed by atoms with E-state index in [0.29, 0.717) is 5.92 Å². The molecule has 1 rings (SSSR count). The Morgan fingerprint density at radius 1 is 1.20 bits per heavy atom. The van der Waals surface area contributed by atoms with Gasteiger partial charge in [0.1, 0.15) is 5.75 Å². The number of hydrogen-bond donors (Lipinski definition) is 0. The van der Waals surface area contributed by atoms with Gasteiger partial charge in [0.15, 0.2) is 0 Å². The molecular weight excluding hydrogens is 184 g/mol. The highest BCUT2D eigenvalue weighted by Crippen LogP contribution is 2.26. The van der Waals surface area contributed by atoms with E-state index in [4.69, 9.17) is 4.74 Å². The van der Waals surface area contributed by atoms with Gasteiger partial charge in [-0.05, 0) is 42.0 Å². The van der Waals surface area contributed by atoms with Crippen LogP contribution in [0, 0.1) is 5.92 Å². The smallest absolute Gasteiger partial charge is 0.119 e. The summed E-state index contributed by atoms with van der Waals surface area (Å²) >= 11 is 0. The van der Waals surface area contributed by atoms with Crippen LogP contribution in [0.4, 0.5) is 0 Å². The predicted molar refractivity (Wildman–Crippen MR) is 65.4 cm³/mol. The number of hydrogen-bond acceptors (Lipinski definition) is 1. The molecule has 0 atom stereocenters. The zero-order valence-corrected chi connectivity index (χ0v) is 10.4. The Hall–Kier alpha value is -0.980. The fourth-order valence-corrected chi connectivity index (χ4v) is 1.49. The van der Waals surface area contributed by atoms with E-state index in [-0.39, 0.29) is 0 Å². The first-order valence-electron chi connectivity index (χ1n) is 5.63. The van der Waals surface area contributed by atoms with Crippen molar-refractivity contribution in [1.29, 1.82) is 0 Å². The fraction of sp³-hybridized carbons (Fsp3) is 0.500. The Kier molecular flexibility index (Phi) is 4.19. The summed E-state index contributed by atoms with van der Waals surface area (Å²) < 4.78 is 5.57. The van der Waals surface area contributed by atoms with E-state index < -0.39 is 0 Å². The van der Waals surface area contributed by atoms with Crippen molar-refractivity contribution in [3.05, 3.63) is 35.2 Å². The van der Waals surface area contributed by atoms with Crippen LogP contribution < -0.4 is 4.74 Å². The first-order chi connectivity index (χ1) is 7.04. The van der Waals surface area contributed by atoms with E-state index in [9.17, 15) is 0 Å². The lowest BCUT2D eigenvalue weighted by atomic mass is 9.95. The van der Waals surface area contributed by atoms with Crippen molar-refractivity contribution in [3.63, 3.8) is 0 Å². The summed E-state index contributed by atoms with van der Waals surface area (Å²) in [7, 11) is 0. The molecule has 0 saturated heterocycles. The summed E-state index contributed by atoms with van der Waals surface area (Å²) in [5, 5.41) is 0. The van der Waals surface area contributed by atoms with Gasteiger partial charge in [-0.1, -0.05) is 33.8 Å². The number of ether oxygens (including phenoxy) is 1. The summed E-state index contributed by atoms with van der Waals surface area (Å²) in [6.45, 7) is 11.4. The molecule has 0 heterocycles. The van der Waals surface area contributed by atoms with Crippen molar-refractivity contribution in [2.24, 2.45) is 0 Å². The van der Waals surface area contributed by atoms with Crippen molar-refractivity contribution < 1.29 is 4.74 Å². The van der Waals surface area contributed by atoms with Gasteiger partial charge in [0.25, 0.3) is 0 Å². The molecule has 83 valence electrons. The molecule has 0 spiro atoms. The zero-order chi connectivity index (χ0) is 11.4. The molecule has 15 heavy (non-hydrogen) atoms. The Bertz CT molecular complexity index is 287. The van der Waals surface area contributed by atoms with Gasteiger partial charge in [0.2, 0.25) is 0 Å². The Balaban J connectivity index is 3.08. The summed E-state index contributed by atoms with van der Waals surface area (Å²) in [5.41, 5.74) is 2.63. The highest BCUT2D eigenvalue weighted by atomic mass is 16.5. The molecule has 1 radical (unpaired) electrons. The predicted octanol–water partition coefficient (Wildman–Crippen LogP) is 4.17. The minimum atomic E-state index is 0.545. The third kappa shape index (κ3) is 3.26. The van der Waals surface area contributed by atoms with E-state index >= 15 is 0 Å². The molecule has 0 unspecified atom stereocenters. The van der Waals surface area contributed by atoms with Gasteiger partial charge in [-0.3, -0.25) is 0 Å². The van der Waals surface area contributed by atoms with Crippen LogP contribution in [-0.4, -0.2) is 6.61 Å². The molecule has 0 amide bonds. The van der Waals surface area contributed by atoms with Crippen LogP contribution in [0.15, 0.2) is 18.2 Å². The quantitative estimate of drug-likeness (QED) is 0.716. The second kappa shape index (κ2) is 5.20. The van der Waals surface area contributed by atoms with Crippen molar-refractivity contribution in [2.45, 2.75) is 40.5 Å². The van der Waals surface area contributed by atoms with Crippen LogP contribution in [0.5, 0.6) is 5.75 Å². The maximum Gasteiger partial charge on any atom is 0.119 e. The van der Waals surface area contributed by atoms with Crippen LogP contribution >= 0.6 is 0 Å². The van der Waals surface area contributed by atoms with Crippen molar-refractivity contribution in [3.8, 4) is 5.75 Å². The monoisotopic (exact) mass is 205 g/mol. The normalized spacial score (nSPS) is 11.1. The molecule has 0 saturated carbocycles.